The predicted molar refractivity (Wildman–Crippen MR) is 150 cm³/mol. The van der Waals surface area contributed by atoms with Gasteiger partial charge in [-0.2, -0.15) is 15.1 Å². The number of hydrazone groups is 1. The van der Waals surface area contributed by atoms with Crippen molar-refractivity contribution in [1.82, 2.24) is 9.97 Å². The van der Waals surface area contributed by atoms with Gasteiger partial charge in [-0.1, -0.05) is 0 Å². The number of hydrogen-bond acceptors (Lipinski definition) is 9. The van der Waals surface area contributed by atoms with Crippen LogP contribution in [0, 0.1) is 5.82 Å². The van der Waals surface area contributed by atoms with E-state index < -0.39 is 11.8 Å². The Kier molecular flexibility index (Phi) is 8.50. The molecule has 1 N–H and O–H groups in total. The fraction of sp³-hybridized carbons (Fsp3) is 0.379. The van der Waals surface area contributed by atoms with Crippen LogP contribution in [0.4, 0.5) is 22.0 Å². The molecule has 0 spiro atoms. The minimum Gasteiger partial charge on any atom is -0.493 e. The average Bonchev–Trinajstić information content (AvgIpc) is 2.99. The summed E-state index contributed by atoms with van der Waals surface area (Å²) < 4.78 is 24.0. The number of halogens is 1. The molecule has 0 aliphatic carbocycles. The van der Waals surface area contributed by atoms with E-state index in [1.54, 1.807) is 24.4 Å². The first kappa shape index (κ1) is 26.4. The number of anilines is 3. The summed E-state index contributed by atoms with van der Waals surface area (Å²) in [5.74, 6) is 1.91. The molecule has 2 fully saturated rings. The Hall–Kier alpha value is -4.21. The molecule has 3 aromatic rings. The summed E-state index contributed by atoms with van der Waals surface area (Å²) in [6.07, 6.45) is 8.78. The normalized spacial score (nSPS) is 15.8. The van der Waals surface area contributed by atoms with Crippen LogP contribution < -0.4 is 24.7 Å². The molecule has 0 unspecified atom stereocenters. The largest absolute Gasteiger partial charge is 0.493 e. The Labute approximate surface area is 227 Å². The molecule has 39 heavy (non-hydrogen) atoms. The summed E-state index contributed by atoms with van der Waals surface area (Å²) in [7, 11) is 1.49. The third-order valence-electron chi connectivity index (χ3n) is 6.88. The van der Waals surface area contributed by atoms with Crippen molar-refractivity contribution in [2.75, 3.05) is 48.5 Å². The molecule has 0 saturated carbocycles. The molecule has 204 valence electrons. The molecule has 0 atom stereocenters. The van der Waals surface area contributed by atoms with Crippen molar-refractivity contribution in [2.24, 2.45) is 5.10 Å². The monoisotopic (exact) mass is 532 g/mol. The van der Waals surface area contributed by atoms with Crippen LogP contribution >= 0.6 is 0 Å². The third kappa shape index (κ3) is 6.81. The number of hydrogen-bond donors (Lipinski definition) is 1. The van der Waals surface area contributed by atoms with Crippen LogP contribution in [0.5, 0.6) is 11.5 Å². The number of ether oxygens (including phenoxy) is 2. The number of carbonyl (C=O) groups is 1. The molecule has 0 radical (unpaired) electrons. The Morgan fingerprint density at radius 2 is 1.59 bits per heavy atom. The first-order valence-electron chi connectivity index (χ1n) is 13.4. The number of esters is 1. The van der Waals surface area contributed by atoms with Crippen LogP contribution in [-0.2, 0) is 0 Å². The zero-order chi connectivity index (χ0) is 27.0. The molecule has 1 aromatic heterocycles. The molecule has 9 nitrogen and oxygen atoms in total. The minimum atomic E-state index is -0.603. The number of carbonyl (C=O) groups excluding carboxylic acids is 1. The number of methoxy groups -OCH3 is 1. The summed E-state index contributed by atoms with van der Waals surface area (Å²) in [4.78, 5) is 26.7. The van der Waals surface area contributed by atoms with Gasteiger partial charge in [0, 0.05) is 32.2 Å². The maximum absolute atomic E-state index is 13.2. The predicted octanol–water partition coefficient (Wildman–Crippen LogP) is 5.27. The Balaban J connectivity index is 1.30. The highest BCUT2D eigenvalue weighted by molar-refractivity contribution is 5.91. The van der Waals surface area contributed by atoms with E-state index in [0.717, 1.165) is 56.4 Å². The van der Waals surface area contributed by atoms with Crippen molar-refractivity contribution < 1.29 is 18.7 Å². The lowest BCUT2D eigenvalue weighted by molar-refractivity contribution is 0.0729. The van der Waals surface area contributed by atoms with E-state index >= 15 is 0 Å². The van der Waals surface area contributed by atoms with Crippen molar-refractivity contribution in [1.29, 1.82) is 0 Å². The lowest BCUT2D eigenvalue weighted by Gasteiger charge is -2.31. The van der Waals surface area contributed by atoms with Crippen LogP contribution in [0.1, 0.15) is 54.4 Å². The highest BCUT2D eigenvalue weighted by Crippen LogP contribution is 2.29. The van der Waals surface area contributed by atoms with E-state index in [1.165, 1.54) is 57.1 Å². The lowest BCUT2D eigenvalue weighted by Crippen LogP contribution is -2.33. The number of aromatic nitrogens is 2. The van der Waals surface area contributed by atoms with E-state index in [1.807, 2.05) is 6.07 Å². The third-order valence-corrected chi connectivity index (χ3v) is 6.88. The number of nitrogens with one attached hydrogen (secondary N) is 1. The van der Waals surface area contributed by atoms with Gasteiger partial charge in [0.05, 0.1) is 18.9 Å². The Morgan fingerprint density at radius 1 is 0.897 bits per heavy atom. The summed E-state index contributed by atoms with van der Waals surface area (Å²) >= 11 is 0. The average molecular weight is 533 g/mol. The van der Waals surface area contributed by atoms with E-state index in [-0.39, 0.29) is 11.3 Å². The second-order valence-electron chi connectivity index (χ2n) is 9.68. The van der Waals surface area contributed by atoms with Gasteiger partial charge in [-0.25, -0.2) is 9.18 Å². The van der Waals surface area contributed by atoms with Gasteiger partial charge in [0.15, 0.2) is 17.3 Å². The number of nitrogens with zero attached hydrogens (tertiary/aromatic N) is 5. The van der Waals surface area contributed by atoms with Gasteiger partial charge in [0.1, 0.15) is 11.6 Å². The Morgan fingerprint density at radius 3 is 2.28 bits per heavy atom. The highest BCUT2D eigenvalue weighted by Gasteiger charge is 2.19. The molecule has 10 heteroatoms. The first-order chi connectivity index (χ1) is 19.1. The minimum absolute atomic E-state index is 0.242. The second kappa shape index (κ2) is 12.6. The molecular formula is C29H33FN6O3. The van der Waals surface area contributed by atoms with Crippen LogP contribution in [0.2, 0.25) is 0 Å². The molecular weight excluding hydrogens is 499 g/mol. The quantitative estimate of drug-likeness (QED) is 0.182. The summed E-state index contributed by atoms with van der Waals surface area (Å²) in [5.41, 5.74) is 4.05. The fourth-order valence-electron chi connectivity index (χ4n) is 4.77. The van der Waals surface area contributed by atoms with Crippen molar-refractivity contribution in [3.05, 3.63) is 65.5 Å². The van der Waals surface area contributed by atoms with Crippen molar-refractivity contribution >= 4 is 29.8 Å². The zero-order valence-electron chi connectivity index (χ0n) is 22.1. The summed E-state index contributed by atoms with van der Waals surface area (Å²) in [5, 5.41) is 4.41. The van der Waals surface area contributed by atoms with Crippen LogP contribution in [-0.4, -0.2) is 55.4 Å². The van der Waals surface area contributed by atoms with Gasteiger partial charge < -0.3 is 19.3 Å². The van der Waals surface area contributed by atoms with E-state index in [0.29, 0.717) is 11.6 Å². The van der Waals surface area contributed by atoms with Gasteiger partial charge in [-0.3, -0.25) is 5.43 Å². The SMILES string of the molecule is COc1cc(/C=N\Nc2cc(N3CCCCC3)nc(N3CCCCC3)n2)ccc1OC(=O)c1ccc(F)cc1. The molecule has 2 saturated heterocycles. The molecule has 0 amide bonds. The van der Waals surface area contributed by atoms with Crippen molar-refractivity contribution in [3.63, 3.8) is 0 Å². The fourth-order valence-corrected chi connectivity index (χ4v) is 4.77. The Bertz CT molecular complexity index is 1270. The van der Waals surface area contributed by atoms with Crippen LogP contribution in [0.3, 0.4) is 0 Å². The standard InChI is InChI=1S/C29H33FN6O3/c1-38-25-18-21(8-13-24(25)39-28(37)22-9-11-23(30)12-10-22)20-31-34-26-19-27(35-14-4-2-5-15-35)33-29(32-26)36-16-6-3-7-17-36/h8-13,18-20H,2-7,14-17H2,1H3,(H,32,33,34)/b31-20-. The zero-order valence-corrected chi connectivity index (χ0v) is 22.1. The van der Waals surface area contributed by atoms with Crippen molar-refractivity contribution in [3.8, 4) is 11.5 Å². The molecule has 2 aliphatic rings. The van der Waals surface area contributed by atoms with Gasteiger partial charge in [-0.05, 0) is 86.6 Å². The summed E-state index contributed by atoms with van der Waals surface area (Å²) in [6.45, 7) is 3.92. The second-order valence-corrected chi connectivity index (χ2v) is 9.68. The van der Waals surface area contributed by atoms with Crippen LogP contribution in [0.25, 0.3) is 0 Å². The molecule has 0 bridgehead atoms. The van der Waals surface area contributed by atoms with Gasteiger partial charge >= 0.3 is 5.97 Å². The van der Waals surface area contributed by atoms with E-state index in [4.69, 9.17) is 19.4 Å². The van der Waals surface area contributed by atoms with Crippen LogP contribution in [0.15, 0.2) is 53.6 Å². The van der Waals surface area contributed by atoms with E-state index in [9.17, 15) is 9.18 Å². The lowest BCUT2D eigenvalue weighted by atomic mass is 10.1. The van der Waals surface area contributed by atoms with Crippen molar-refractivity contribution in [2.45, 2.75) is 38.5 Å². The first-order valence-corrected chi connectivity index (χ1v) is 13.4. The smallest absolute Gasteiger partial charge is 0.343 e. The number of rotatable bonds is 8. The van der Waals surface area contributed by atoms with Gasteiger partial charge in [0.25, 0.3) is 0 Å². The van der Waals surface area contributed by atoms with Gasteiger partial charge in [0.2, 0.25) is 5.95 Å². The maximum Gasteiger partial charge on any atom is 0.343 e. The molecule has 5 rings (SSSR count). The van der Waals surface area contributed by atoms with Gasteiger partial charge in [-0.15, -0.1) is 0 Å². The molecule has 2 aliphatic heterocycles. The maximum atomic E-state index is 13.2. The number of benzene rings is 2. The highest BCUT2D eigenvalue weighted by atomic mass is 19.1. The molecule has 2 aromatic carbocycles. The number of piperidine rings is 2. The molecule has 3 heterocycles. The van der Waals surface area contributed by atoms with E-state index in [2.05, 4.69) is 20.3 Å². The topological polar surface area (TPSA) is 92.2 Å². The summed E-state index contributed by atoms with van der Waals surface area (Å²) in [6, 6.07) is 12.2.